The molecule has 0 aliphatic rings. The van der Waals surface area contributed by atoms with Gasteiger partial charge >= 0.3 is 0 Å². The zero-order valence-corrected chi connectivity index (χ0v) is 72.4. The second kappa shape index (κ2) is 33.7. The second-order valence-corrected chi connectivity index (χ2v) is 34.0. The van der Waals surface area contributed by atoms with Crippen molar-refractivity contribution < 1.29 is 0 Å². The fourth-order valence-electron chi connectivity index (χ4n) is 20.6. The minimum atomic E-state index is 0.971. The third-order valence-electron chi connectivity index (χ3n) is 26.5. The van der Waals surface area contributed by atoms with E-state index in [1.807, 2.05) is 0 Å². The molecular formula is C128H86N4. The molecule has 4 nitrogen and oxygen atoms in total. The van der Waals surface area contributed by atoms with E-state index in [9.17, 15) is 0 Å². The first-order valence-corrected chi connectivity index (χ1v) is 45.4. The summed E-state index contributed by atoms with van der Waals surface area (Å²) in [7, 11) is 0. The highest BCUT2D eigenvalue weighted by Crippen LogP contribution is 2.61. The average Bonchev–Trinajstić information content (AvgIpc) is 0.691. The highest BCUT2D eigenvalue weighted by atomic mass is 15.2. The topological polar surface area (TPSA) is 13.0 Å². The lowest BCUT2D eigenvalue weighted by Crippen LogP contribution is -2.18. The van der Waals surface area contributed by atoms with Gasteiger partial charge in [0.25, 0.3) is 0 Å². The lowest BCUT2D eigenvalue weighted by atomic mass is 9.87. The maximum absolute atomic E-state index is 2.64. The number of para-hydroxylation sites is 4. The van der Waals surface area contributed by atoms with Gasteiger partial charge in [0.1, 0.15) is 0 Å². The molecule has 0 amide bonds. The van der Waals surface area contributed by atoms with Gasteiger partial charge in [-0.15, -0.1) is 0 Å². The number of rotatable bonds is 20. The van der Waals surface area contributed by atoms with Crippen LogP contribution in [0.15, 0.2) is 522 Å². The summed E-state index contributed by atoms with van der Waals surface area (Å²) in [5.74, 6) is 0. The largest absolute Gasteiger partial charge is 0.309 e. The molecule has 0 atom stereocenters. The van der Waals surface area contributed by atoms with Gasteiger partial charge in [0.15, 0.2) is 0 Å². The van der Waals surface area contributed by atoms with Crippen LogP contribution < -0.4 is 19.6 Å². The molecule has 4 heteroatoms. The summed E-state index contributed by atoms with van der Waals surface area (Å²) in [6.07, 6.45) is 0. The Balaban J connectivity index is 0.955. The molecule has 0 aromatic heterocycles. The first-order valence-electron chi connectivity index (χ1n) is 45.4. The van der Waals surface area contributed by atoms with E-state index in [1.54, 1.807) is 0 Å². The predicted molar refractivity (Wildman–Crippen MR) is 562 cm³/mol. The summed E-state index contributed by atoms with van der Waals surface area (Å²) in [4.78, 5) is 10.6. The Bertz CT molecular complexity index is 7680. The van der Waals surface area contributed by atoms with E-state index in [0.717, 1.165) is 233 Å². The molecule has 132 heavy (non-hydrogen) atoms. The summed E-state index contributed by atoms with van der Waals surface area (Å²) < 4.78 is 0. The number of nitrogens with zero attached hydrogens (tertiary/aromatic N) is 4. The number of benzene rings is 24. The third kappa shape index (κ3) is 13.8. The molecule has 0 aliphatic heterocycles. The first-order chi connectivity index (χ1) is 65.6. The quantitative estimate of drug-likeness (QED) is 0.0705. The van der Waals surface area contributed by atoms with E-state index in [-0.39, 0.29) is 0 Å². The van der Waals surface area contributed by atoms with Crippen molar-refractivity contribution in [2.24, 2.45) is 0 Å². The average molecular weight is 1680 g/mol. The minimum Gasteiger partial charge on any atom is -0.309 e. The molecule has 24 aromatic rings. The van der Waals surface area contributed by atoms with Crippen LogP contribution in [0.5, 0.6) is 0 Å². The molecule has 0 unspecified atom stereocenters. The van der Waals surface area contributed by atoms with Crippen LogP contribution in [0.4, 0.5) is 68.2 Å². The lowest BCUT2D eigenvalue weighted by Gasteiger charge is -2.37. The molecule has 0 aliphatic carbocycles. The van der Waals surface area contributed by atoms with E-state index in [0.29, 0.717) is 0 Å². The first kappa shape index (κ1) is 78.1. The number of hydrogen-bond donors (Lipinski definition) is 0. The van der Waals surface area contributed by atoms with E-state index in [4.69, 9.17) is 0 Å². The van der Waals surface area contributed by atoms with Gasteiger partial charge in [-0.25, -0.2) is 0 Å². The fourth-order valence-corrected chi connectivity index (χ4v) is 20.6. The van der Waals surface area contributed by atoms with Crippen LogP contribution in [0.25, 0.3) is 164 Å². The molecule has 0 heterocycles. The van der Waals surface area contributed by atoms with Gasteiger partial charge in [0.05, 0.1) is 68.2 Å². The van der Waals surface area contributed by atoms with E-state index < -0.39 is 0 Å². The summed E-state index contributed by atoms with van der Waals surface area (Å²) in [6, 6.07) is 195. The fraction of sp³-hybridized carbons (Fsp3) is 0. The summed E-state index contributed by atoms with van der Waals surface area (Å²) in [5, 5.41) is 15.4. The van der Waals surface area contributed by atoms with Crippen molar-refractivity contribution in [3.63, 3.8) is 0 Å². The van der Waals surface area contributed by atoms with Crippen molar-refractivity contribution in [3.8, 4) is 89.0 Å². The molecule has 0 saturated carbocycles. The predicted octanol–water partition coefficient (Wildman–Crippen LogP) is 36.4. The zero-order chi connectivity index (χ0) is 87.4. The zero-order valence-electron chi connectivity index (χ0n) is 72.4. The maximum Gasteiger partial charge on any atom is 0.0562 e. The van der Waals surface area contributed by atoms with Crippen molar-refractivity contribution in [1.82, 2.24) is 0 Å². The molecule has 0 saturated heterocycles. The smallest absolute Gasteiger partial charge is 0.0562 e. The minimum absolute atomic E-state index is 0.971. The van der Waals surface area contributed by atoms with Gasteiger partial charge in [0.2, 0.25) is 0 Å². The van der Waals surface area contributed by atoms with Crippen molar-refractivity contribution in [2.45, 2.75) is 0 Å². The van der Waals surface area contributed by atoms with Gasteiger partial charge in [0, 0.05) is 76.8 Å². The SMILES string of the molecule is c1ccc(-c2ccccc2N(c2cc3ccccc3cc2-c2ccccc2)c2cc(N(c3ccccc3-c3ccccc3)c3ccc4ccccc4c3-c3ccccc3)c3ccc4c(N(c5ccccc5-c5ccccc5)c5cc6ccccc6cc5-c5ccccc5)cc(N(c5ccccc5-c5ccccc5)c5ccc6ccccc6c5-c5ccccc5)c5ccc2c3c45)cc1. The molecule has 0 fully saturated rings. The van der Waals surface area contributed by atoms with Gasteiger partial charge in [-0.05, 0) is 160 Å². The number of anilines is 12. The Morgan fingerprint density at radius 1 is 0.106 bits per heavy atom. The second-order valence-electron chi connectivity index (χ2n) is 34.0. The van der Waals surface area contributed by atoms with E-state index >= 15 is 0 Å². The molecule has 0 N–H and O–H groups in total. The molecule has 0 bridgehead atoms. The molecular weight excluding hydrogens is 1590 g/mol. The molecule has 618 valence electrons. The lowest BCUT2D eigenvalue weighted by molar-refractivity contribution is 1.27. The summed E-state index contributed by atoms with van der Waals surface area (Å²) in [5.41, 5.74) is 29.4. The Kier molecular flexibility index (Phi) is 19.9. The van der Waals surface area contributed by atoms with Gasteiger partial charge in [-0.3, -0.25) is 0 Å². The Morgan fingerprint density at radius 3 is 0.598 bits per heavy atom. The van der Waals surface area contributed by atoms with Gasteiger partial charge < -0.3 is 19.6 Å². The molecule has 24 aromatic carbocycles. The Morgan fingerprint density at radius 2 is 0.318 bits per heavy atom. The van der Waals surface area contributed by atoms with E-state index in [2.05, 4.69) is 541 Å². The van der Waals surface area contributed by atoms with E-state index in [1.165, 1.54) is 0 Å². The molecule has 0 radical (unpaired) electrons. The monoisotopic (exact) mass is 1680 g/mol. The van der Waals surface area contributed by atoms with Crippen molar-refractivity contribution in [3.05, 3.63) is 522 Å². The normalized spacial score (nSPS) is 11.5. The molecule has 24 rings (SSSR count). The Hall–Kier alpha value is -17.4. The van der Waals surface area contributed by atoms with Crippen LogP contribution in [0, 0.1) is 0 Å². The van der Waals surface area contributed by atoms with Crippen molar-refractivity contribution in [1.29, 1.82) is 0 Å². The number of hydrogen-bond acceptors (Lipinski definition) is 4. The highest BCUT2D eigenvalue weighted by molar-refractivity contribution is 6.34. The standard InChI is InChI=1S/C128H86N4/c1-9-41-87(42-10-1)101-63-33-37-69-113(101)129(117-79-73-93-53-29-31-67-105(93)125(117)95-55-21-7-22-56-95)121-85-123(131(115-71-39-35-65-103(115)89-45-13-3-14-46-89)119-83-99-61-27-25-59-97(99)81-111(119)91-49-17-5-18-50-91)109-78-76-108-122(130(114-70-38-34-64-102(114)88-43-11-2-12-44-88)118-80-74-94-54-30-32-68-106(94)126(118)96-57-23-8-24-58-96)86-124(110-77-75-107(121)127(109)128(108)110)132(116-72-40-36-66-104(116)90-47-15-4-16-48-90)120-84-100-62-28-26-60-98(100)82-112(120)92-51-19-6-20-52-92/h1-86H. The maximum atomic E-state index is 2.64. The van der Waals surface area contributed by atoms with Crippen LogP contribution in [-0.4, -0.2) is 0 Å². The van der Waals surface area contributed by atoms with Crippen LogP contribution in [-0.2, 0) is 0 Å². The van der Waals surface area contributed by atoms with Gasteiger partial charge in [-0.1, -0.05) is 449 Å². The van der Waals surface area contributed by atoms with Crippen LogP contribution in [0.2, 0.25) is 0 Å². The third-order valence-corrected chi connectivity index (χ3v) is 26.5. The number of fused-ring (bicyclic) bond motifs is 4. The molecule has 0 spiro atoms. The van der Waals surface area contributed by atoms with Crippen LogP contribution >= 0.6 is 0 Å². The van der Waals surface area contributed by atoms with Crippen molar-refractivity contribution in [2.75, 3.05) is 19.6 Å². The summed E-state index contributed by atoms with van der Waals surface area (Å²) >= 11 is 0. The summed E-state index contributed by atoms with van der Waals surface area (Å²) in [6.45, 7) is 0. The van der Waals surface area contributed by atoms with Gasteiger partial charge in [-0.2, -0.15) is 0 Å². The van der Waals surface area contributed by atoms with Crippen LogP contribution in [0.1, 0.15) is 0 Å². The van der Waals surface area contributed by atoms with Crippen molar-refractivity contribution >= 4 is 144 Å². The highest BCUT2D eigenvalue weighted by Gasteiger charge is 2.35. The van der Waals surface area contributed by atoms with Crippen LogP contribution in [0.3, 0.4) is 0 Å². The Labute approximate surface area is 768 Å².